The number of amides is 2. The van der Waals surface area contributed by atoms with Crippen molar-refractivity contribution in [3.63, 3.8) is 0 Å². The van der Waals surface area contributed by atoms with Crippen LogP contribution in [0.25, 0.3) is 0 Å². The van der Waals surface area contributed by atoms with Crippen molar-refractivity contribution in [2.75, 3.05) is 7.11 Å². The standard InChI is InChI=1S/C15H28N2O4/c1-14(2,12(19)21-5)15(3,4)17-13(20)16-10-6-8-11(18)9-7-10/h10-11,18H,6-9H2,1-5H3,(H2,16,17,20). The predicted octanol–water partition coefficient (Wildman–Crippen LogP) is 1.57. The molecule has 1 rings (SSSR count). The molecule has 0 radical (unpaired) electrons. The fourth-order valence-corrected chi connectivity index (χ4v) is 2.39. The quantitative estimate of drug-likeness (QED) is 0.688. The SMILES string of the molecule is COC(=O)C(C)(C)C(C)(C)NC(=O)NC1CCC(O)CC1. The second-order valence-electron chi connectivity index (χ2n) is 6.85. The second kappa shape index (κ2) is 6.64. The summed E-state index contributed by atoms with van der Waals surface area (Å²) in [6.45, 7) is 7.09. The monoisotopic (exact) mass is 300 g/mol. The van der Waals surface area contributed by atoms with Crippen LogP contribution < -0.4 is 10.6 Å². The maximum Gasteiger partial charge on any atom is 0.315 e. The van der Waals surface area contributed by atoms with Crippen LogP contribution in [-0.4, -0.2) is 41.9 Å². The summed E-state index contributed by atoms with van der Waals surface area (Å²) in [5.41, 5.74) is -1.60. The molecule has 0 bridgehead atoms. The van der Waals surface area contributed by atoms with Crippen LogP contribution in [0.5, 0.6) is 0 Å². The van der Waals surface area contributed by atoms with Crippen molar-refractivity contribution in [3.05, 3.63) is 0 Å². The molecular weight excluding hydrogens is 272 g/mol. The zero-order valence-corrected chi connectivity index (χ0v) is 13.7. The minimum Gasteiger partial charge on any atom is -0.469 e. The highest BCUT2D eigenvalue weighted by Crippen LogP contribution is 2.31. The van der Waals surface area contributed by atoms with Crippen LogP contribution in [0.15, 0.2) is 0 Å². The third kappa shape index (κ3) is 4.33. The fraction of sp³-hybridized carbons (Fsp3) is 0.867. The Kier molecular flexibility index (Phi) is 5.61. The topological polar surface area (TPSA) is 87.7 Å². The molecule has 1 aliphatic rings. The van der Waals surface area contributed by atoms with Gasteiger partial charge in [-0.1, -0.05) is 0 Å². The molecule has 3 N–H and O–H groups in total. The van der Waals surface area contributed by atoms with Crippen molar-refractivity contribution in [2.24, 2.45) is 5.41 Å². The Labute approximate surface area is 126 Å². The van der Waals surface area contributed by atoms with Gasteiger partial charge in [0.15, 0.2) is 0 Å². The minimum atomic E-state index is -0.845. The maximum absolute atomic E-state index is 12.1. The van der Waals surface area contributed by atoms with Gasteiger partial charge in [-0.25, -0.2) is 4.79 Å². The molecule has 6 heteroatoms. The Morgan fingerprint density at radius 3 is 2.10 bits per heavy atom. The van der Waals surface area contributed by atoms with Gasteiger partial charge in [-0.2, -0.15) is 0 Å². The van der Waals surface area contributed by atoms with Crippen LogP contribution >= 0.6 is 0 Å². The molecule has 0 atom stereocenters. The minimum absolute atomic E-state index is 0.0745. The van der Waals surface area contributed by atoms with Crippen molar-refractivity contribution in [1.82, 2.24) is 10.6 Å². The third-order valence-electron chi connectivity index (χ3n) is 4.72. The van der Waals surface area contributed by atoms with E-state index in [0.717, 1.165) is 12.8 Å². The van der Waals surface area contributed by atoms with Crippen LogP contribution in [0.4, 0.5) is 4.79 Å². The second-order valence-corrected chi connectivity index (χ2v) is 6.85. The lowest BCUT2D eigenvalue weighted by Crippen LogP contribution is -2.60. The maximum atomic E-state index is 12.1. The summed E-state index contributed by atoms with van der Waals surface area (Å²) in [5, 5.41) is 15.2. The van der Waals surface area contributed by atoms with Crippen molar-refractivity contribution >= 4 is 12.0 Å². The highest BCUT2D eigenvalue weighted by Gasteiger charge is 2.45. The molecule has 21 heavy (non-hydrogen) atoms. The first kappa shape index (κ1) is 17.8. The van der Waals surface area contributed by atoms with Gasteiger partial charge in [0.25, 0.3) is 0 Å². The molecule has 0 saturated heterocycles. The van der Waals surface area contributed by atoms with Gasteiger partial charge in [0, 0.05) is 6.04 Å². The molecule has 0 unspecified atom stereocenters. The first-order valence-electron chi connectivity index (χ1n) is 7.45. The van der Waals surface area contributed by atoms with Gasteiger partial charge in [0.1, 0.15) is 0 Å². The molecule has 6 nitrogen and oxygen atoms in total. The number of hydrogen-bond donors (Lipinski definition) is 3. The normalized spacial score (nSPS) is 23.3. The van der Waals surface area contributed by atoms with Gasteiger partial charge in [0.05, 0.1) is 24.2 Å². The molecule has 1 saturated carbocycles. The summed E-state index contributed by atoms with van der Waals surface area (Å²) in [4.78, 5) is 24.0. The van der Waals surface area contributed by atoms with E-state index in [-0.39, 0.29) is 24.1 Å². The highest BCUT2D eigenvalue weighted by atomic mass is 16.5. The van der Waals surface area contributed by atoms with E-state index in [9.17, 15) is 14.7 Å². The number of carbonyl (C=O) groups is 2. The Morgan fingerprint density at radius 2 is 1.62 bits per heavy atom. The zero-order valence-electron chi connectivity index (χ0n) is 13.7. The summed E-state index contributed by atoms with van der Waals surface area (Å²) in [6.07, 6.45) is 2.72. The van der Waals surface area contributed by atoms with E-state index in [0.29, 0.717) is 12.8 Å². The smallest absolute Gasteiger partial charge is 0.315 e. The molecule has 0 aromatic rings. The number of nitrogens with one attached hydrogen (secondary N) is 2. The van der Waals surface area contributed by atoms with Crippen LogP contribution in [0.1, 0.15) is 53.4 Å². The third-order valence-corrected chi connectivity index (χ3v) is 4.72. The Hall–Kier alpha value is -1.30. The lowest BCUT2D eigenvalue weighted by Gasteiger charge is -2.40. The van der Waals surface area contributed by atoms with Crippen molar-refractivity contribution < 1.29 is 19.4 Å². The fourth-order valence-electron chi connectivity index (χ4n) is 2.39. The number of ether oxygens (including phenoxy) is 1. The van der Waals surface area contributed by atoms with Crippen molar-refractivity contribution in [1.29, 1.82) is 0 Å². The largest absolute Gasteiger partial charge is 0.469 e. The lowest BCUT2D eigenvalue weighted by molar-refractivity contribution is -0.154. The van der Waals surface area contributed by atoms with Crippen LogP contribution in [0, 0.1) is 5.41 Å². The molecular formula is C15H28N2O4. The van der Waals surface area contributed by atoms with Gasteiger partial charge in [-0.05, 0) is 53.4 Å². The number of aliphatic hydroxyl groups is 1. The zero-order chi connectivity index (χ0) is 16.3. The van der Waals surface area contributed by atoms with Crippen LogP contribution in [0.3, 0.4) is 0 Å². The van der Waals surface area contributed by atoms with E-state index < -0.39 is 11.0 Å². The first-order valence-corrected chi connectivity index (χ1v) is 7.45. The number of aliphatic hydroxyl groups excluding tert-OH is 1. The average Bonchev–Trinajstić information content (AvgIpc) is 2.39. The summed E-state index contributed by atoms with van der Waals surface area (Å²) in [7, 11) is 1.34. The number of rotatable bonds is 4. The van der Waals surface area contributed by atoms with Gasteiger partial charge in [-0.3, -0.25) is 4.79 Å². The summed E-state index contributed by atoms with van der Waals surface area (Å²) < 4.78 is 4.81. The van der Waals surface area contributed by atoms with E-state index in [2.05, 4.69) is 10.6 Å². The summed E-state index contributed by atoms with van der Waals surface area (Å²) >= 11 is 0. The predicted molar refractivity (Wildman–Crippen MR) is 79.8 cm³/mol. The summed E-state index contributed by atoms with van der Waals surface area (Å²) in [6, 6.07) is -0.219. The van der Waals surface area contributed by atoms with Gasteiger partial charge < -0.3 is 20.5 Å². The summed E-state index contributed by atoms with van der Waals surface area (Å²) in [5.74, 6) is -0.367. The highest BCUT2D eigenvalue weighted by molar-refractivity contribution is 5.80. The van der Waals surface area contributed by atoms with Crippen molar-refractivity contribution in [2.45, 2.75) is 71.1 Å². The molecule has 0 aliphatic heterocycles. The Morgan fingerprint density at radius 1 is 1.10 bits per heavy atom. The Balaban J connectivity index is 2.58. The van der Waals surface area contributed by atoms with Gasteiger partial charge >= 0.3 is 12.0 Å². The Bertz CT molecular complexity index is 385. The van der Waals surface area contributed by atoms with Gasteiger partial charge in [0.2, 0.25) is 0 Å². The van der Waals surface area contributed by atoms with E-state index in [1.807, 2.05) is 0 Å². The van der Waals surface area contributed by atoms with E-state index >= 15 is 0 Å². The molecule has 2 amide bonds. The molecule has 0 heterocycles. The van der Waals surface area contributed by atoms with E-state index in [1.165, 1.54) is 7.11 Å². The number of esters is 1. The molecule has 122 valence electrons. The van der Waals surface area contributed by atoms with Crippen LogP contribution in [-0.2, 0) is 9.53 Å². The molecule has 0 spiro atoms. The number of hydrogen-bond acceptors (Lipinski definition) is 4. The van der Waals surface area contributed by atoms with E-state index in [4.69, 9.17) is 4.74 Å². The molecule has 0 aromatic heterocycles. The molecule has 1 fully saturated rings. The van der Waals surface area contributed by atoms with Crippen molar-refractivity contribution in [3.8, 4) is 0 Å². The van der Waals surface area contributed by atoms with Gasteiger partial charge in [-0.15, -0.1) is 0 Å². The molecule has 1 aliphatic carbocycles. The number of carbonyl (C=O) groups excluding carboxylic acids is 2. The number of urea groups is 1. The average molecular weight is 300 g/mol. The number of methoxy groups -OCH3 is 1. The first-order chi connectivity index (χ1) is 9.60. The molecule has 0 aromatic carbocycles. The van der Waals surface area contributed by atoms with Crippen LogP contribution in [0.2, 0.25) is 0 Å². The lowest BCUT2D eigenvalue weighted by atomic mass is 9.74. The van der Waals surface area contributed by atoms with E-state index in [1.54, 1.807) is 27.7 Å².